The van der Waals surface area contributed by atoms with Crippen molar-refractivity contribution in [2.24, 2.45) is 0 Å². The Bertz CT molecular complexity index is 1820. The van der Waals surface area contributed by atoms with Gasteiger partial charge in [-0.15, -0.1) is 0 Å². The molecule has 250 valence electrons. The third kappa shape index (κ3) is 8.11. The van der Waals surface area contributed by atoms with Gasteiger partial charge in [-0.25, -0.2) is 4.79 Å². The quantitative estimate of drug-likeness (QED) is 0.180. The fourth-order valence-electron chi connectivity index (χ4n) is 5.58. The number of aromatic nitrogens is 2. The molecule has 47 heavy (non-hydrogen) atoms. The van der Waals surface area contributed by atoms with E-state index in [1.54, 1.807) is 4.57 Å². The van der Waals surface area contributed by atoms with Crippen LogP contribution < -0.4 is 16.3 Å². The lowest BCUT2D eigenvalue weighted by Gasteiger charge is -2.32. The van der Waals surface area contributed by atoms with Gasteiger partial charge in [-0.3, -0.25) is 19.1 Å². The molecule has 1 aromatic heterocycles. The lowest BCUT2D eigenvalue weighted by Crippen LogP contribution is -2.45. The normalized spacial score (nSPS) is 15.5. The van der Waals surface area contributed by atoms with E-state index < -0.39 is 53.4 Å². The fraction of sp³-hybridized carbons (Fsp3) is 0.323. The number of piperidine rings is 1. The molecule has 1 fully saturated rings. The summed E-state index contributed by atoms with van der Waals surface area (Å²) in [6.07, 6.45) is -9.07. The number of benzene rings is 3. The highest BCUT2D eigenvalue weighted by molar-refractivity contribution is 6.42. The van der Waals surface area contributed by atoms with Crippen LogP contribution in [0.15, 0.2) is 65.5 Å². The number of hydrogen-bond acceptors (Lipinski definition) is 4. The standard InChI is InChI=1S/C31H27Cl2F6N5O3/c32-22-6-5-17(13-23(22)33)25(15-40-28(46)18-11-19(30(34,35)36)14-20(12-18)31(37,38)39)41-27(45)16-43-9-7-21(8-10-43)44-26-4-2-1-3-24(26)42-29(44)47/h1-6,11-14,21,25H,7-10,15-16H2,(H,40,46)(H,41,45)(H,42,47). The number of hydrogen-bond donors (Lipinski definition) is 3. The van der Waals surface area contributed by atoms with Gasteiger partial charge in [0.2, 0.25) is 5.91 Å². The van der Waals surface area contributed by atoms with Gasteiger partial charge < -0.3 is 15.6 Å². The fourth-order valence-corrected chi connectivity index (χ4v) is 5.89. The third-order valence-electron chi connectivity index (χ3n) is 7.91. The van der Waals surface area contributed by atoms with E-state index in [0.29, 0.717) is 43.6 Å². The number of fused-ring (bicyclic) bond motifs is 1. The molecule has 1 aliphatic heterocycles. The molecule has 8 nitrogen and oxygen atoms in total. The third-order valence-corrected chi connectivity index (χ3v) is 8.65. The van der Waals surface area contributed by atoms with Crippen LogP contribution in [0.25, 0.3) is 11.0 Å². The number of nitrogens with zero attached hydrogens (tertiary/aromatic N) is 2. The first-order valence-corrected chi connectivity index (χ1v) is 15.1. The number of imidazole rings is 1. The molecule has 1 aliphatic rings. The van der Waals surface area contributed by atoms with Crippen LogP contribution in [0.3, 0.4) is 0 Å². The second-order valence-corrected chi connectivity index (χ2v) is 11.9. The van der Waals surface area contributed by atoms with Gasteiger partial charge in [-0.1, -0.05) is 41.4 Å². The largest absolute Gasteiger partial charge is 0.416 e. The first-order valence-electron chi connectivity index (χ1n) is 14.3. The molecule has 1 atom stereocenters. The molecule has 3 aromatic carbocycles. The van der Waals surface area contributed by atoms with Gasteiger partial charge in [-0.05, 0) is 60.9 Å². The Morgan fingerprint density at radius 1 is 0.894 bits per heavy atom. The van der Waals surface area contributed by atoms with Gasteiger partial charge in [-0.2, -0.15) is 26.3 Å². The van der Waals surface area contributed by atoms with Crippen LogP contribution in [-0.4, -0.2) is 52.4 Å². The number of para-hydroxylation sites is 2. The molecule has 2 heterocycles. The highest BCUT2D eigenvalue weighted by atomic mass is 35.5. The first kappa shape index (κ1) is 34.3. The van der Waals surface area contributed by atoms with Crippen molar-refractivity contribution < 1.29 is 35.9 Å². The van der Waals surface area contributed by atoms with Crippen molar-refractivity contribution in [1.29, 1.82) is 0 Å². The number of carbonyl (C=O) groups is 2. The maximum Gasteiger partial charge on any atom is 0.416 e. The summed E-state index contributed by atoms with van der Waals surface area (Å²) in [7, 11) is 0. The summed E-state index contributed by atoms with van der Waals surface area (Å²) >= 11 is 12.2. The molecule has 0 radical (unpaired) electrons. The first-order chi connectivity index (χ1) is 22.1. The van der Waals surface area contributed by atoms with Crippen LogP contribution in [0.2, 0.25) is 10.0 Å². The average Bonchev–Trinajstić information content (AvgIpc) is 3.35. The van der Waals surface area contributed by atoms with E-state index in [0.717, 1.165) is 11.0 Å². The van der Waals surface area contributed by atoms with Crippen LogP contribution in [0, 0.1) is 0 Å². The SMILES string of the molecule is O=C(CN1CCC(n2c(=O)[nH]c3ccccc32)CC1)NC(CNC(=O)c1cc(C(F)(F)F)cc(C(F)(F)F)c1)c1ccc(Cl)c(Cl)c1. The molecule has 16 heteroatoms. The molecule has 0 saturated carbocycles. The van der Waals surface area contributed by atoms with Crippen LogP contribution in [0.1, 0.15) is 52.0 Å². The summed E-state index contributed by atoms with van der Waals surface area (Å²) in [5.41, 5.74) is -2.44. The number of halogens is 8. The minimum absolute atomic E-state index is 0.0517. The molecular formula is C31H27Cl2F6N5O3. The van der Waals surface area contributed by atoms with Gasteiger partial charge in [0.1, 0.15) is 0 Å². The monoisotopic (exact) mass is 701 g/mol. The summed E-state index contributed by atoms with van der Waals surface area (Å²) in [5, 5.41) is 5.41. The number of alkyl halides is 6. The molecular weight excluding hydrogens is 675 g/mol. The van der Waals surface area contributed by atoms with Crippen LogP contribution in [0.5, 0.6) is 0 Å². The molecule has 1 saturated heterocycles. The molecule has 3 N–H and O–H groups in total. The van der Waals surface area contributed by atoms with Gasteiger partial charge in [0.05, 0.1) is 44.8 Å². The second-order valence-electron chi connectivity index (χ2n) is 11.1. The van der Waals surface area contributed by atoms with E-state index >= 15 is 0 Å². The van der Waals surface area contributed by atoms with Crippen LogP contribution >= 0.6 is 23.2 Å². The topological polar surface area (TPSA) is 99.2 Å². The van der Waals surface area contributed by atoms with E-state index in [1.807, 2.05) is 29.2 Å². The Labute approximate surface area is 273 Å². The zero-order valence-corrected chi connectivity index (χ0v) is 25.8. The summed E-state index contributed by atoms with van der Waals surface area (Å²) in [6, 6.07) is 11.3. The number of rotatable bonds is 8. The summed E-state index contributed by atoms with van der Waals surface area (Å²) in [5.74, 6) is -1.67. The Morgan fingerprint density at radius 3 is 2.15 bits per heavy atom. The van der Waals surface area contributed by atoms with E-state index in [9.17, 15) is 40.7 Å². The molecule has 2 amide bonds. The number of H-pyrrole nitrogens is 1. The van der Waals surface area contributed by atoms with Crippen molar-refractivity contribution in [3.05, 3.63) is 103 Å². The number of nitrogens with one attached hydrogen (secondary N) is 3. The van der Waals surface area contributed by atoms with Crippen molar-refractivity contribution in [3.8, 4) is 0 Å². The second kappa shape index (κ2) is 13.6. The number of amides is 2. The zero-order chi connectivity index (χ0) is 34.1. The predicted octanol–water partition coefficient (Wildman–Crippen LogP) is 6.60. The Kier molecular flexibility index (Phi) is 9.94. The lowest BCUT2D eigenvalue weighted by atomic mass is 10.0. The maximum absolute atomic E-state index is 13.3. The smallest absolute Gasteiger partial charge is 0.350 e. The van der Waals surface area contributed by atoms with Crippen LogP contribution in [0.4, 0.5) is 26.3 Å². The molecule has 1 unspecified atom stereocenters. The van der Waals surface area contributed by atoms with E-state index in [4.69, 9.17) is 23.2 Å². The Morgan fingerprint density at radius 2 is 1.53 bits per heavy atom. The summed E-state index contributed by atoms with van der Waals surface area (Å²) in [4.78, 5) is 43.4. The van der Waals surface area contributed by atoms with Crippen molar-refractivity contribution in [2.45, 2.75) is 37.3 Å². The minimum atomic E-state index is -5.13. The molecule has 5 rings (SSSR count). The molecule has 0 spiro atoms. The minimum Gasteiger partial charge on any atom is -0.350 e. The maximum atomic E-state index is 13.3. The van der Waals surface area contributed by atoms with Crippen molar-refractivity contribution in [2.75, 3.05) is 26.2 Å². The van der Waals surface area contributed by atoms with E-state index in [1.165, 1.54) is 18.2 Å². The average molecular weight is 702 g/mol. The van der Waals surface area contributed by atoms with Crippen molar-refractivity contribution in [3.63, 3.8) is 0 Å². The van der Waals surface area contributed by atoms with Crippen LogP contribution in [-0.2, 0) is 17.1 Å². The lowest BCUT2D eigenvalue weighted by molar-refractivity contribution is -0.143. The Balaban J connectivity index is 1.27. The molecule has 0 aliphatic carbocycles. The molecule has 0 bridgehead atoms. The highest BCUT2D eigenvalue weighted by Gasteiger charge is 2.37. The molecule has 4 aromatic rings. The number of carbonyl (C=O) groups excluding carboxylic acids is 2. The van der Waals surface area contributed by atoms with Crippen molar-refractivity contribution >= 4 is 46.0 Å². The summed E-state index contributed by atoms with van der Waals surface area (Å²) < 4.78 is 81.7. The van der Waals surface area contributed by atoms with Gasteiger partial charge in [0.25, 0.3) is 5.91 Å². The number of likely N-dealkylation sites (tertiary alicyclic amines) is 1. The summed E-state index contributed by atoms with van der Waals surface area (Å²) in [6.45, 7) is 0.542. The van der Waals surface area contributed by atoms with Crippen molar-refractivity contribution in [1.82, 2.24) is 25.1 Å². The van der Waals surface area contributed by atoms with E-state index in [2.05, 4.69) is 15.6 Å². The zero-order valence-electron chi connectivity index (χ0n) is 24.3. The van der Waals surface area contributed by atoms with Gasteiger partial charge in [0.15, 0.2) is 0 Å². The number of aromatic amines is 1. The highest BCUT2D eigenvalue weighted by Crippen LogP contribution is 2.36. The van der Waals surface area contributed by atoms with E-state index in [-0.39, 0.29) is 34.4 Å². The predicted molar refractivity (Wildman–Crippen MR) is 163 cm³/mol. The Hall–Kier alpha value is -4.01. The van der Waals surface area contributed by atoms with Gasteiger partial charge in [0, 0.05) is 31.2 Å². The van der Waals surface area contributed by atoms with Gasteiger partial charge >= 0.3 is 18.0 Å².